The van der Waals surface area contributed by atoms with Crippen LogP contribution in [0, 0.1) is 5.92 Å². The molecule has 1 aromatic carbocycles. The van der Waals surface area contributed by atoms with E-state index in [-0.39, 0.29) is 18.7 Å². The van der Waals surface area contributed by atoms with Crippen LogP contribution in [0.4, 0.5) is 13.2 Å². The second-order valence-electron chi connectivity index (χ2n) is 5.64. The van der Waals surface area contributed by atoms with Gasteiger partial charge in [0.15, 0.2) is 0 Å². The second-order valence-corrected chi connectivity index (χ2v) is 5.64. The molecule has 3 atom stereocenters. The summed E-state index contributed by atoms with van der Waals surface area (Å²) in [6, 6.07) is 5.37. The first kappa shape index (κ1) is 18.0. The Morgan fingerprint density at radius 2 is 1.90 bits per heavy atom. The molecule has 0 aromatic heterocycles. The topological polar surface area (TPSA) is 32.3 Å². The maximum atomic E-state index is 12.7. The van der Waals surface area contributed by atoms with Crippen molar-refractivity contribution in [2.75, 3.05) is 6.61 Å². The number of aliphatic hydroxyl groups is 1. The van der Waals surface area contributed by atoms with E-state index in [9.17, 15) is 18.3 Å². The van der Waals surface area contributed by atoms with Crippen molar-refractivity contribution in [3.05, 3.63) is 35.4 Å². The zero-order chi connectivity index (χ0) is 16.0. The summed E-state index contributed by atoms with van der Waals surface area (Å²) in [5.41, 5.74) is 0.0264. The van der Waals surface area contributed by atoms with Crippen LogP contribution in [0.2, 0.25) is 0 Å². The summed E-state index contributed by atoms with van der Waals surface area (Å²) in [6.45, 7) is 6.05. The van der Waals surface area contributed by atoms with E-state index in [0.717, 1.165) is 12.5 Å². The smallest absolute Gasteiger partial charge is 0.395 e. The van der Waals surface area contributed by atoms with Crippen molar-refractivity contribution >= 4 is 0 Å². The lowest BCUT2D eigenvalue weighted by molar-refractivity contribution is -0.137. The molecule has 0 saturated heterocycles. The Bertz CT molecular complexity index is 434. The average molecular weight is 303 g/mol. The molecular weight excluding hydrogens is 279 g/mol. The Hall–Kier alpha value is -1.07. The van der Waals surface area contributed by atoms with Crippen LogP contribution < -0.4 is 5.32 Å². The molecule has 0 amide bonds. The van der Waals surface area contributed by atoms with Crippen molar-refractivity contribution in [3.63, 3.8) is 0 Å². The Kier molecular flexibility index (Phi) is 6.68. The van der Waals surface area contributed by atoms with Gasteiger partial charge in [-0.3, -0.25) is 0 Å². The minimum atomic E-state index is -4.31. The van der Waals surface area contributed by atoms with E-state index >= 15 is 0 Å². The van der Waals surface area contributed by atoms with Gasteiger partial charge in [0.1, 0.15) is 0 Å². The third-order valence-corrected chi connectivity index (χ3v) is 3.82. The van der Waals surface area contributed by atoms with Crippen molar-refractivity contribution in [1.29, 1.82) is 0 Å². The minimum Gasteiger partial charge on any atom is -0.395 e. The van der Waals surface area contributed by atoms with Gasteiger partial charge in [-0.05, 0) is 30.9 Å². The van der Waals surface area contributed by atoms with Crippen LogP contribution >= 0.6 is 0 Å². The Morgan fingerprint density at radius 3 is 2.43 bits per heavy atom. The molecule has 2 nitrogen and oxygen atoms in total. The van der Waals surface area contributed by atoms with Gasteiger partial charge < -0.3 is 10.4 Å². The molecule has 0 saturated carbocycles. The highest BCUT2D eigenvalue weighted by molar-refractivity contribution is 5.26. The summed E-state index contributed by atoms with van der Waals surface area (Å²) >= 11 is 0. The van der Waals surface area contributed by atoms with Crippen molar-refractivity contribution < 1.29 is 18.3 Å². The quantitative estimate of drug-likeness (QED) is 0.806. The predicted molar refractivity (Wildman–Crippen MR) is 78.1 cm³/mol. The first-order chi connectivity index (χ1) is 9.77. The maximum Gasteiger partial charge on any atom is 0.416 e. The largest absolute Gasteiger partial charge is 0.416 e. The number of halogens is 3. The monoisotopic (exact) mass is 303 g/mol. The molecule has 0 aliphatic carbocycles. The first-order valence-corrected chi connectivity index (χ1v) is 7.31. The van der Waals surface area contributed by atoms with E-state index in [1.165, 1.54) is 12.1 Å². The number of benzene rings is 1. The summed E-state index contributed by atoms with van der Waals surface area (Å²) < 4.78 is 38.0. The molecule has 1 rings (SSSR count). The second kappa shape index (κ2) is 7.80. The average Bonchev–Trinajstić information content (AvgIpc) is 2.43. The molecule has 0 bridgehead atoms. The number of aliphatic hydroxyl groups excluding tert-OH is 1. The highest BCUT2D eigenvalue weighted by atomic mass is 19.4. The van der Waals surface area contributed by atoms with Crippen LogP contribution in [0.3, 0.4) is 0 Å². The lowest BCUT2D eigenvalue weighted by Crippen LogP contribution is -2.44. The van der Waals surface area contributed by atoms with E-state index < -0.39 is 11.7 Å². The summed E-state index contributed by atoms with van der Waals surface area (Å²) in [7, 11) is 0. The highest BCUT2D eigenvalue weighted by Crippen LogP contribution is 2.29. The standard InChI is InChI=1S/C16H24F3NO/c1-4-11(2)15(10-21)20-12(3)8-13-6-5-7-14(9-13)16(17,18)19/h5-7,9,11-12,15,20-21H,4,8,10H2,1-3H3/t11-,12?,15+/m0/s1. The number of hydrogen-bond donors (Lipinski definition) is 2. The summed E-state index contributed by atoms with van der Waals surface area (Å²) in [4.78, 5) is 0. The first-order valence-electron chi connectivity index (χ1n) is 7.31. The van der Waals surface area contributed by atoms with E-state index in [4.69, 9.17) is 0 Å². The summed E-state index contributed by atoms with van der Waals surface area (Å²) in [5.74, 6) is 0.318. The molecule has 2 N–H and O–H groups in total. The molecule has 1 unspecified atom stereocenters. The van der Waals surface area contributed by atoms with E-state index in [1.54, 1.807) is 6.07 Å². The molecule has 0 heterocycles. The van der Waals surface area contributed by atoms with Crippen LogP contribution in [0.15, 0.2) is 24.3 Å². The number of alkyl halides is 3. The molecular formula is C16H24F3NO. The fraction of sp³-hybridized carbons (Fsp3) is 0.625. The van der Waals surface area contributed by atoms with Gasteiger partial charge in [-0.15, -0.1) is 0 Å². The predicted octanol–water partition coefficient (Wildman–Crippen LogP) is 3.63. The minimum absolute atomic E-state index is 0.000339. The van der Waals surface area contributed by atoms with Gasteiger partial charge in [-0.2, -0.15) is 13.2 Å². The van der Waals surface area contributed by atoms with Crippen molar-refractivity contribution in [2.24, 2.45) is 5.92 Å². The fourth-order valence-electron chi connectivity index (χ4n) is 2.33. The lowest BCUT2D eigenvalue weighted by Gasteiger charge is -2.26. The van der Waals surface area contributed by atoms with Crippen molar-refractivity contribution in [2.45, 2.75) is 51.9 Å². The van der Waals surface area contributed by atoms with Gasteiger partial charge in [-0.25, -0.2) is 0 Å². The third kappa shape index (κ3) is 5.67. The van der Waals surface area contributed by atoms with E-state index in [0.29, 0.717) is 17.9 Å². The van der Waals surface area contributed by atoms with Crippen LogP contribution in [-0.2, 0) is 12.6 Å². The summed E-state index contributed by atoms with van der Waals surface area (Å²) in [6.07, 6.45) is -2.87. The molecule has 1 aromatic rings. The maximum absolute atomic E-state index is 12.7. The number of nitrogens with one attached hydrogen (secondary N) is 1. The number of hydrogen-bond acceptors (Lipinski definition) is 2. The van der Waals surface area contributed by atoms with Gasteiger partial charge >= 0.3 is 6.18 Å². The molecule has 0 aliphatic heterocycles. The SMILES string of the molecule is CC[C@H](C)[C@@H](CO)NC(C)Cc1cccc(C(F)(F)F)c1. The molecule has 5 heteroatoms. The van der Waals surface area contributed by atoms with Crippen LogP contribution in [0.1, 0.15) is 38.3 Å². The molecule has 0 fully saturated rings. The Morgan fingerprint density at radius 1 is 1.24 bits per heavy atom. The number of rotatable bonds is 7. The van der Waals surface area contributed by atoms with E-state index in [1.807, 2.05) is 20.8 Å². The Balaban J connectivity index is 2.68. The van der Waals surface area contributed by atoms with Crippen molar-refractivity contribution in [3.8, 4) is 0 Å². The molecule has 21 heavy (non-hydrogen) atoms. The van der Waals surface area contributed by atoms with Gasteiger partial charge in [0.25, 0.3) is 0 Å². The molecule has 0 spiro atoms. The Labute approximate surface area is 124 Å². The third-order valence-electron chi connectivity index (χ3n) is 3.82. The normalized spacial score (nSPS) is 16.5. The van der Waals surface area contributed by atoms with Gasteiger partial charge in [0, 0.05) is 12.1 Å². The zero-order valence-electron chi connectivity index (χ0n) is 12.7. The van der Waals surface area contributed by atoms with Gasteiger partial charge in [0.05, 0.1) is 12.2 Å². The lowest BCUT2D eigenvalue weighted by atomic mass is 9.97. The molecule has 120 valence electrons. The highest BCUT2D eigenvalue weighted by Gasteiger charge is 2.30. The van der Waals surface area contributed by atoms with E-state index in [2.05, 4.69) is 5.32 Å². The van der Waals surface area contributed by atoms with Crippen molar-refractivity contribution in [1.82, 2.24) is 5.32 Å². The molecule has 0 aliphatic rings. The summed E-state index contributed by atoms with van der Waals surface area (Å²) in [5, 5.41) is 12.7. The fourth-order valence-corrected chi connectivity index (χ4v) is 2.33. The molecule has 0 radical (unpaired) electrons. The van der Waals surface area contributed by atoms with Crippen LogP contribution in [0.5, 0.6) is 0 Å². The van der Waals surface area contributed by atoms with Crippen LogP contribution in [-0.4, -0.2) is 23.8 Å². The van der Waals surface area contributed by atoms with Gasteiger partial charge in [-0.1, -0.05) is 38.5 Å². The zero-order valence-corrected chi connectivity index (χ0v) is 12.7. The van der Waals surface area contributed by atoms with Gasteiger partial charge in [0.2, 0.25) is 0 Å². The van der Waals surface area contributed by atoms with Crippen LogP contribution in [0.25, 0.3) is 0 Å².